The fourth-order valence-corrected chi connectivity index (χ4v) is 3.38. The average Bonchev–Trinajstić information content (AvgIpc) is 2.69. The van der Waals surface area contributed by atoms with Gasteiger partial charge in [0.05, 0.1) is 0 Å². The van der Waals surface area contributed by atoms with Crippen LogP contribution in [0.1, 0.15) is 129 Å². The van der Waals surface area contributed by atoms with Gasteiger partial charge in [-0.05, 0) is 51.4 Å². The fourth-order valence-electron chi connectivity index (χ4n) is 3.38. The van der Waals surface area contributed by atoms with E-state index in [1.807, 2.05) is 0 Å². The first kappa shape index (κ1) is 27.7. The summed E-state index contributed by atoms with van der Waals surface area (Å²) in [5.74, 6) is -0.794. The molecule has 0 radical (unpaired) electrons. The molecule has 0 fully saturated rings. The Morgan fingerprint density at radius 2 is 1.28 bits per heavy atom. The van der Waals surface area contributed by atoms with Crippen LogP contribution in [0.25, 0.3) is 0 Å². The number of rotatable bonds is 21. The Morgan fingerprint density at radius 3 is 1.97 bits per heavy atom. The van der Waals surface area contributed by atoms with Crippen LogP contribution in [0.2, 0.25) is 0 Å². The third kappa shape index (κ3) is 21.2. The first-order chi connectivity index (χ1) is 14.1. The lowest BCUT2D eigenvalue weighted by Gasteiger charge is -2.17. The number of esters is 1. The van der Waals surface area contributed by atoms with Crippen LogP contribution in [0.3, 0.4) is 0 Å². The van der Waals surface area contributed by atoms with Gasteiger partial charge in [0.25, 0.3) is 0 Å². The van der Waals surface area contributed by atoms with Crippen LogP contribution in [0, 0.1) is 0 Å². The van der Waals surface area contributed by atoms with Gasteiger partial charge in [0.1, 0.15) is 6.10 Å². The van der Waals surface area contributed by atoms with Gasteiger partial charge in [-0.25, -0.2) is 0 Å². The lowest BCUT2D eigenvalue weighted by atomic mass is 10.0. The van der Waals surface area contributed by atoms with Gasteiger partial charge in [0, 0.05) is 12.8 Å². The third-order valence-corrected chi connectivity index (χ3v) is 5.24. The number of aliphatic carboxylic acids is 1. The molecule has 0 aromatic rings. The molecule has 4 heteroatoms. The van der Waals surface area contributed by atoms with E-state index in [0.717, 1.165) is 51.4 Å². The summed E-state index contributed by atoms with van der Waals surface area (Å²) < 4.78 is 5.71. The molecule has 1 N–H and O–H groups in total. The van der Waals surface area contributed by atoms with Crippen molar-refractivity contribution in [1.29, 1.82) is 0 Å². The van der Waals surface area contributed by atoms with E-state index >= 15 is 0 Å². The first-order valence-corrected chi connectivity index (χ1v) is 12.2. The second kappa shape index (κ2) is 21.4. The van der Waals surface area contributed by atoms with Crippen molar-refractivity contribution in [3.63, 3.8) is 0 Å². The van der Waals surface area contributed by atoms with E-state index in [4.69, 9.17) is 9.84 Å². The Bertz CT molecular complexity index is 417. The first-order valence-electron chi connectivity index (χ1n) is 12.2. The van der Waals surface area contributed by atoms with Crippen molar-refractivity contribution in [3.05, 3.63) is 12.2 Å². The quantitative estimate of drug-likeness (QED) is 0.120. The molecule has 29 heavy (non-hydrogen) atoms. The van der Waals surface area contributed by atoms with Gasteiger partial charge in [-0.1, -0.05) is 77.4 Å². The Hall–Kier alpha value is -1.32. The van der Waals surface area contributed by atoms with Crippen LogP contribution in [0.4, 0.5) is 0 Å². The smallest absolute Gasteiger partial charge is 0.306 e. The zero-order chi connectivity index (χ0) is 21.6. The molecule has 0 aliphatic heterocycles. The summed E-state index contributed by atoms with van der Waals surface area (Å²) in [6, 6.07) is 0. The molecule has 0 bridgehead atoms. The van der Waals surface area contributed by atoms with Gasteiger partial charge in [0.2, 0.25) is 0 Å². The number of hydrogen-bond donors (Lipinski definition) is 1. The molecule has 0 saturated carbocycles. The molecule has 0 spiro atoms. The zero-order valence-corrected chi connectivity index (χ0v) is 19.1. The van der Waals surface area contributed by atoms with Crippen LogP contribution < -0.4 is 0 Å². The van der Waals surface area contributed by atoms with Crippen LogP contribution >= 0.6 is 0 Å². The van der Waals surface area contributed by atoms with Crippen molar-refractivity contribution in [2.45, 2.75) is 136 Å². The van der Waals surface area contributed by atoms with Crippen molar-refractivity contribution < 1.29 is 19.4 Å². The zero-order valence-electron chi connectivity index (χ0n) is 19.1. The predicted molar refractivity (Wildman–Crippen MR) is 121 cm³/mol. The van der Waals surface area contributed by atoms with Crippen molar-refractivity contribution >= 4 is 11.9 Å². The van der Waals surface area contributed by atoms with Crippen molar-refractivity contribution in [2.24, 2.45) is 0 Å². The number of allylic oxidation sites excluding steroid dienone is 2. The van der Waals surface area contributed by atoms with E-state index < -0.39 is 5.97 Å². The highest BCUT2D eigenvalue weighted by molar-refractivity contribution is 5.69. The monoisotopic (exact) mass is 410 g/mol. The second-order valence-electron chi connectivity index (χ2n) is 8.17. The van der Waals surface area contributed by atoms with Crippen molar-refractivity contribution in [1.82, 2.24) is 0 Å². The standard InChI is InChI=1S/C25H46O4/c1-3-5-7-8-9-10-11-12-13-14-18-22-25(28)29-23(19-6-4-2)20-16-15-17-21-24(26)27/h8-9,23H,3-7,10-22H2,1-2H3,(H,26,27)/b9-8-. The topological polar surface area (TPSA) is 63.6 Å². The van der Waals surface area contributed by atoms with E-state index in [2.05, 4.69) is 26.0 Å². The Labute approximate surface area is 179 Å². The molecule has 4 nitrogen and oxygen atoms in total. The highest BCUT2D eigenvalue weighted by Crippen LogP contribution is 2.16. The molecule has 170 valence electrons. The van der Waals surface area contributed by atoms with Crippen LogP contribution in [-0.2, 0) is 14.3 Å². The Kier molecular flexibility index (Phi) is 20.4. The molecule has 1 unspecified atom stereocenters. The van der Waals surface area contributed by atoms with Gasteiger partial charge >= 0.3 is 11.9 Å². The van der Waals surface area contributed by atoms with Crippen LogP contribution in [0.15, 0.2) is 12.2 Å². The average molecular weight is 411 g/mol. The maximum Gasteiger partial charge on any atom is 0.306 e. The number of carbonyl (C=O) groups excluding carboxylic acids is 1. The number of unbranched alkanes of at least 4 members (excludes halogenated alkanes) is 10. The van der Waals surface area contributed by atoms with Gasteiger partial charge in [-0.2, -0.15) is 0 Å². The summed E-state index contributed by atoms with van der Waals surface area (Å²) in [6.07, 6.45) is 22.5. The summed E-state index contributed by atoms with van der Waals surface area (Å²) in [5.41, 5.74) is 0. The number of ether oxygens (including phenoxy) is 1. The maximum absolute atomic E-state index is 12.1. The molecule has 0 aliphatic rings. The molecule has 0 amide bonds. The maximum atomic E-state index is 12.1. The van der Waals surface area contributed by atoms with Gasteiger partial charge in [-0.15, -0.1) is 0 Å². The fraction of sp³-hybridized carbons (Fsp3) is 0.840. The minimum absolute atomic E-state index is 0.00627. The Balaban J connectivity index is 3.76. The molecule has 0 rings (SSSR count). The summed E-state index contributed by atoms with van der Waals surface area (Å²) >= 11 is 0. The highest BCUT2D eigenvalue weighted by Gasteiger charge is 2.14. The molecule has 0 heterocycles. The van der Waals surface area contributed by atoms with Crippen molar-refractivity contribution in [3.8, 4) is 0 Å². The highest BCUT2D eigenvalue weighted by atomic mass is 16.5. The minimum Gasteiger partial charge on any atom is -0.481 e. The summed E-state index contributed by atoms with van der Waals surface area (Å²) in [4.78, 5) is 22.7. The van der Waals surface area contributed by atoms with Gasteiger partial charge in [-0.3, -0.25) is 9.59 Å². The third-order valence-electron chi connectivity index (χ3n) is 5.24. The molecule has 0 saturated heterocycles. The minimum atomic E-state index is -0.734. The number of hydrogen-bond acceptors (Lipinski definition) is 3. The number of carbonyl (C=O) groups is 2. The molecule has 0 aromatic carbocycles. The molecule has 1 atom stereocenters. The SMILES string of the molecule is CCCC/C=C\CCCCCCCC(=O)OC(CCCC)CCCCCC(=O)O. The molecule has 0 aliphatic carbocycles. The normalized spacial score (nSPS) is 12.3. The number of carboxylic acids is 1. The largest absolute Gasteiger partial charge is 0.481 e. The summed E-state index contributed by atoms with van der Waals surface area (Å²) in [6.45, 7) is 4.37. The van der Waals surface area contributed by atoms with E-state index in [0.29, 0.717) is 12.8 Å². The summed E-state index contributed by atoms with van der Waals surface area (Å²) in [7, 11) is 0. The molecular weight excluding hydrogens is 364 g/mol. The Morgan fingerprint density at radius 1 is 0.724 bits per heavy atom. The lowest BCUT2D eigenvalue weighted by molar-refractivity contribution is -0.150. The molecule has 0 aromatic heterocycles. The van der Waals surface area contributed by atoms with Gasteiger partial charge < -0.3 is 9.84 Å². The predicted octanol–water partition coefficient (Wildman–Crippen LogP) is 7.60. The lowest BCUT2D eigenvalue weighted by Crippen LogP contribution is -2.18. The molecular formula is C25H46O4. The van der Waals surface area contributed by atoms with E-state index in [1.165, 1.54) is 44.9 Å². The van der Waals surface area contributed by atoms with E-state index in [1.54, 1.807) is 0 Å². The second-order valence-corrected chi connectivity index (χ2v) is 8.17. The summed E-state index contributed by atoms with van der Waals surface area (Å²) in [5, 5.41) is 8.69. The van der Waals surface area contributed by atoms with Crippen molar-refractivity contribution in [2.75, 3.05) is 0 Å². The van der Waals surface area contributed by atoms with Crippen LogP contribution in [0.5, 0.6) is 0 Å². The van der Waals surface area contributed by atoms with Gasteiger partial charge in [0.15, 0.2) is 0 Å². The van der Waals surface area contributed by atoms with E-state index in [-0.39, 0.29) is 18.5 Å². The number of carboxylic acid groups (broad SMARTS) is 1. The van der Waals surface area contributed by atoms with Crippen LogP contribution in [-0.4, -0.2) is 23.1 Å². The van der Waals surface area contributed by atoms with E-state index in [9.17, 15) is 9.59 Å².